The molecule has 11 heteroatoms. The van der Waals surface area contributed by atoms with Gasteiger partial charge >= 0.3 is 6.09 Å². The van der Waals surface area contributed by atoms with Crippen LogP contribution in [0.15, 0.2) is 12.3 Å². The Balaban J connectivity index is 1.46. The Bertz CT molecular complexity index is 1070. The van der Waals surface area contributed by atoms with E-state index in [-0.39, 0.29) is 23.9 Å². The van der Waals surface area contributed by atoms with Crippen LogP contribution in [0.4, 0.5) is 4.79 Å². The lowest BCUT2D eigenvalue weighted by molar-refractivity contribution is -0.129. The molecule has 0 unspecified atom stereocenters. The number of nitrogens with zero attached hydrogens (tertiary/aromatic N) is 4. The number of fused-ring (bicyclic) bond motifs is 1. The number of hydrogen-bond donors (Lipinski definition) is 3. The van der Waals surface area contributed by atoms with Gasteiger partial charge in [-0.05, 0) is 59.5 Å². The molecule has 2 aromatic rings. The van der Waals surface area contributed by atoms with Crippen molar-refractivity contribution in [3.8, 4) is 0 Å². The first-order valence-electron chi connectivity index (χ1n) is 11.9. The topological polar surface area (TPSA) is 130 Å². The lowest BCUT2D eigenvalue weighted by atomic mass is 9.86. The monoisotopic (exact) mass is 471 g/mol. The molecule has 0 aromatic carbocycles. The summed E-state index contributed by atoms with van der Waals surface area (Å²) in [4.78, 5) is 44.8. The fraction of sp³-hybridized carbons (Fsp3) is 0.609. The molecule has 2 saturated heterocycles. The number of likely N-dealkylation sites (tertiary alicyclic amines) is 1. The SMILES string of the molecule is CCOC(=O)N1CCC(NC(=O)C2(NC(=O)c3cnc4cc(C)nn4c3C)CCNCC2)CC1. The molecule has 3 amide bonds. The first kappa shape index (κ1) is 23.9. The molecule has 0 spiro atoms. The molecule has 0 bridgehead atoms. The summed E-state index contributed by atoms with van der Waals surface area (Å²) in [5.74, 6) is -0.521. The van der Waals surface area contributed by atoms with Gasteiger partial charge in [-0.25, -0.2) is 14.3 Å². The zero-order chi connectivity index (χ0) is 24.3. The highest BCUT2D eigenvalue weighted by molar-refractivity contribution is 6.00. The van der Waals surface area contributed by atoms with Crippen molar-refractivity contribution in [3.05, 3.63) is 29.2 Å². The van der Waals surface area contributed by atoms with Crippen molar-refractivity contribution >= 4 is 23.6 Å². The van der Waals surface area contributed by atoms with Gasteiger partial charge in [0.25, 0.3) is 5.91 Å². The molecule has 3 N–H and O–H groups in total. The molecule has 2 aliphatic rings. The molecule has 0 atom stereocenters. The van der Waals surface area contributed by atoms with E-state index in [1.807, 2.05) is 19.9 Å². The van der Waals surface area contributed by atoms with Crippen molar-refractivity contribution in [1.82, 2.24) is 35.4 Å². The predicted molar refractivity (Wildman–Crippen MR) is 125 cm³/mol. The normalized spacial score (nSPS) is 18.5. The summed E-state index contributed by atoms with van der Waals surface area (Å²) in [5.41, 5.74) is 1.55. The van der Waals surface area contributed by atoms with Crippen molar-refractivity contribution in [1.29, 1.82) is 0 Å². The molecule has 4 rings (SSSR count). The van der Waals surface area contributed by atoms with Gasteiger partial charge in [0.1, 0.15) is 5.54 Å². The average molecular weight is 472 g/mol. The smallest absolute Gasteiger partial charge is 0.409 e. The summed E-state index contributed by atoms with van der Waals surface area (Å²) in [5, 5.41) is 13.8. The van der Waals surface area contributed by atoms with Crippen molar-refractivity contribution < 1.29 is 19.1 Å². The van der Waals surface area contributed by atoms with E-state index in [1.54, 1.807) is 22.5 Å². The zero-order valence-electron chi connectivity index (χ0n) is 20.0. The number of aryl methyl sites for hydroxylation is 2. The Hall–Kier alpha value is -3.21. The number of piperidine rings is 2. The van der Waals surface area contributed by atoms with Crippen LogP contribution >= 0.6 is 0 Å². The third-order valence-electron chi connectivity index (χ3n) is 6.69. The lowest BCUT2D eigenvalue weighted by Crippen LogP contribution is -2.64. The van der Waals surface area contributed by atoms with E-state index in [9.17, 15) is 14.4 Å². The van der Waals surface area contributed by atoms with Gasteiger partial charge in [0.05, 0.1) is 23.6 Å². The van der Waals surface area contributed by atoms with E-state index >= 15 is 0 Å². The highest BCUT2D eigenvalue weighted by Crippen LogP contribution is 2.22. The van der Waals surface area contributed by atoms with Crippen LogP contribution in [0.2, 0.25) is 0 Å². The standard InChI is InChI=1S/C23H33N7O4/c1-4-34-22(33)29-11-5-17(6-12-29)26-21(32)23(7-9-24-10-8-23)27-20(31)18-14-25-19-13-15(2)28-30(19)16(18)3/h13-14,17,24H,4-12H2,1-3H3,(H,26,32)(H,27,31). The summed E-state index contributed by atoms with van der Waals surface area (Å²) in [6, 6.07) is 1.79. The van der Waals surface area contributed by atoms with Crippen LogP contribution in [0.25, 0.3) is 5.65 Å². The maximum atomic E-state index is 13.5. The number of rotatable bonds is 5. The van der Waals surface area contributed by atoms with E-state index in [4.69, 9.17) is 4.74 Å². The molecule has 2 aliphatic heterocycles. The lowest BCUT2D eigenvalue weighted by Gasteiger charge is -2.39. The first-order valence-corrected chi connectivity index (χ1v) is 11.9. The molecular formula is C23H33N7O4. The highest BCUT2D eigenvalue weighted by Gasteiger charge is 2.42. The largest absolute Gasteiger partial charge is 0.450 e. The fourth-order valence-electron chi connectivity index (χ4n) is 4.68. The zero-order valence-corrected chi connectivity index (χ0v) is 20.0. The minimum Gasteiger partial charge on any atom is -0.450 e. The van der Waals surface area contributed by atoms with Gasteiger partial charge < -0.3 is 25.6 Å². The molecule has 2 aromatic heterocycles. The number of ether oxygens (including phenoxy) is 1. The van der Waals surface area contributed by atoms with Crippen LogP contribution in [0.5, 0.6) is 0 Å². The Kier molecular flexibility index (Phi) is 7.01. The van der Waals surface area contributed by atoms with Gasteiger partial charge in [0.2, 0.25) is 5.91 Å². The highest BCUT2D eigenvalue weighted by atomic mass is 16.6. The van der Waals surface area contributed by atoms with Gasteiger partial charge in [-0.2, -0.15) is 5.10 Å². The van der Waals surface area contributed by atoms with E-state index < -0.39 is 5.54 Å². The number of hydrogen-bond acceptors (Lipinski definition) is 7. The second-order valence-corrected chi connectivity index (χ2v) is 9.03. The number of nitrogens with one attached hydrogen (secondary N) is 3. The van der Waals surface area contributed by atoms with Gasteiger partial charge in [0.15, 0.2) is 5.65 Å². The minimum absolute atomic E-state index is 0.0614. The second kappa shape index (κ2) is 9.96. The molecule has 4 heterocycles. The fourth-order valence-corrected chi connectivity index (χ4v) is 4.68. The molecule has 184 valence electrons. The quantitative estimate of drug-likeness (QED) is 0.592. The summed E-state index contributed by atoms with van der Waals surface area (Å²) >= 11 is 0. The van der Waals surface area contributed by atoms with Crippen LogP contribution in [0, 0.1) is 13.8 Å². The molecule has 2 fully saturated rings. The summed E-state index contributed by atoms with van der Waals surface area (Å²) in [6.07, 6.45) is 3.49. The Morgan fingerprint density at radius 3 is 2.59 bits per heavy atom. The van der Waals surface area contributed by atoms with Crippen LogP contribution in [0.3, 0.4) is 0 Å². The Morgan fingerprint density at radius 2 is 1.91 bits per heavy atom. The molecule has 0 aliphatic carbocycles. The molecular weight excluding hydrogens is 438 g/mol. The van der Waals surface area contributed by atoms with E-state index in [1.165, 1.54) is 0 Å². The van der Waals surface area contributed by atoms with Crippen molar-refractivity contribution in [3.63, 3.8) is 0 Å². The van der Waals surface area contributed by atoms with Crippen LogP contribution in [-0.4, -0.2) is 81.8 Å². The molecule has 34 heavy (non-hydrogen) atoms. The minimum atomic E-state index is -1.01. The van der Waals surface area contributed by atoms with E-state index in [2.05, 4.69) is 26.0 Å². The summed E-state index contributed by atoms with van der Waals surface area (Å²) in [6.45, 7) is 8.13. The maximum absolute atomic E-state index is 13.5. The van der Waals surface area contributed by atoms with Crippen molar-refractivity contribution in [2.24, 2.45) is 0 Å². The summed E-state index contributed by atoms with van der Waals surface area (Å²) < 4.78 is 6.72. The predicted octanol–water partition coefficient (Wildman–Crippen LogP) is 0.935. The van der Waals surface area contributed by atoms with Gasteiger partial charge in [-0.15, -0.1) is 0 Å². The van der Waals surface area contributed by atoms with Crippen molar-refractivity contribution in [2.45, 2.75) is 58.0 Å². The van der Waals surface area contributed by atoms with E-state index in [0.717, 1.165) is 5.69 Å². The number of carbonyl (C=O) groups is 3. The Morgan fingerprint density at radius 1 is 1.21 bits per heavy atom. The number of carbonyl (C=O) groups excluding carboxylic acids is 3. The van der Waals surface area contributed by atoms with Gasteiger partial charge in [-0.3, -0.25) is 9.59 Å². The third-order valence-corrected chi connectivity index (χ3v) is 6.69. The second-order valence-electron chi connectivity index (χ2n) is 9.03. The van der Waals surface area contributed by atoms with E-state index in [0.29, 0.717) is 75.4 Å². The molecule has 0 saturated carbocycles. The maximum Gasteiger partial charge on any atom is 0.409 e. The van der Waals surface area contributed by atoms with Crippen molar-refractivity contribution in [2.75, 3.05) is 32.8 Å². The van der Waals surface area contributed by atoms with Crippen LogP contribution in [0.1, 0.15) is 54.4 Å². The average Bonchev–Trinajstić information content (AvgIpc) is 3.21. The Labute approximate surface area is 198 Å². The number of amides is 3. The first-order chi connectivity index (χ1) is 16.3. The molecule has 11 nitrogen and oxygen atoms in total. The summed E-state index contributed by atoms with van der Waals surface area (Å²) in [7, 11) is 0. The van der Waals surface area contributed by atoms with Crippen LogP contribution < -0.4 is 16.0 Å². The third kappa shape index (κ3) is 4.84. The number of aromatic nitrogens is 3. The van der Waals surface area contributed by atoms with Gasteiger partial charge in [-0.1, -0.05) is 0 Å². The molecule has 0 radical (unpaired) electrons. The van der Waals surface area contributed by atoms with Crippen LogP contribution in [-0.2, 0) is 9.53 Å². The van der Waals surface area contributed by atoms with Gasteiger partial charge in [0, 0.05) is 31.4 Å².